The molecule has 3 N–H and O–H groups in total. The van der Waals surface area contributed by atoms with Crippen LogP contribution < -0.4 is 11.1 Å². The lowest BCUT2D eigenvalue weighted by Gasteiger charge is -2.19. The van der Waals surface area contributed by atoms with Crippen LogP contribution in [0.15, 0.2) is 22.7 Å². The number of hydrogen-bond acceptors (Lipinski definition) is 3. The Kier molecular flexibility index (Phi) is 3.97. The number of anilines is 1. The largest absolute Gasteiger partial charge is 0.397 e. The van der Waals surface area contributed by atoms with Gasteiger partial charge < -0.3 is 11.1 Å². The highest BCUT2D eigenvalue weighted by molar-refractivity contribution is 9.10. The van der Waals surface area contributed by atoms with Crippen LogP contribution in [0, 0.1) is 11.8 Å². The molecule has 0 radical (unpaired) electrons. The maximum atomic E-state index is 12.6. The molecule has 0 saturated heterocycles. The summed E-state index contributed by atoms with van der Waals surface area (Å²) in [6.07, 6.45) is 2.24. The van der Waals surface area contributed by atoms with Gasteiger partial charge in [0, 0.05) is 20.6 Å². The standard InChI is InChI=1S/C16H19BrN2OS/c1-8-6-7-11(9(8)2)19-16(20)15-14(18)13-10(17)4-3-5-12(13)21-15/h3-5,8-9,11H,6-7,18H2,1-2H3,(H,19,20). The highest BCUT2D eigenvalue weighted by Gasteiger charge is 2.31. The maximum Gasteiger partial charge on any atom is 0.263 e. The Hall–Kier alpha value is -1.07. The van der Waals surface area contributed by atoms with Crippen molar-refractivity contribution in [1.82, 2.24) is 5.32 Å². The fourth-order valence-electron chi connectivity index (χ4n) is 3.10. The predicted octanol–water partition coefficient (Wildman–Crippen LogP) is 4.41. The highest BCUT2D eigenvalue weighted by Crippen LogP contribution is 2.38. The molecular weight excluding hydrogens is 348 g/mol. The molecule has 1 fully saturated rings. The summed E-state index contributed by atoms with van der Waals surface area (Å²) in [5.74, 6) is 1.16. The van der Waals surface area contributed by atoms with Crippen LogP contribution in [0.5, 0.6) is 0 Å². The normalized spacial score (nSPS) is 25.4. The molecule has 1 aromatic carbocycles. The number of carbonyl (C=O) groups excluding carboxylic acids is 1. The third kappa shape index (κ3) is 2.57. The average Bonchev–Trinajstić information content (AvgIpc) is 2.95. The van der Waals surface area contributed by atoms with Crippen molar-refractivity contribution in [3.63, 3.8) is 0 Å². The minimum Gasteiger partial charge on any atom is -0.397 e. The minimum absolute atomic E-state index is 0.0356. The summed E-state index contributed by atoms with van der Waals surface area (Å²) in [5.41, 5.74) is 6.78. The molecule has 21 heavy (non-hydrogen) atoms. The molecule has 5 heteroatoms. The van der Waals surface area contributed by atoms with Crippen LogP contribution in [0.2, 0.25) is 0 Å². The van der Waals surface area contributed by atoms with Gasteiger partial charge in [-0.15, -0.1) is 11.3 Å². The molecule has 1 aliphatic rings. The molecule has 2 aromatic rings. The number of carbonyl (C=O) groups is 1. The lowest BCUT2D eigenvalue weighted by molar-refractivity contribution is 0.0932. The summed E-state index contributed by atoms with van der Waals surface area (Å²) >= 11 is 4.98. The molecule has 3 atom stereocenters. The second-order valence-corrected chi connectivity index (χ2v) is 7.86. The number of benzene rings is 1. The van der Waals surface area contributed by atoms with E-state index in [0.717, 1.165) is 21.0 Å². The molecule has 0 bridgehead atoms. The van der Waals surface area contributed by atoms with Gasteiger partial charge >= 0.3 is 0 Å². The van der Waals surface area contributed by atoms with Crippen molar-refractivity contribution in [2.24, 2.45) is 11.8 Å². The Bertz CT molecular complexity index is 697. The molecule has 3 unspecified atom stereocenters. The molecular formula is C16H19BrN2OS. The number of thiophene rings is 1. The Labute approximate surface area is 137 Å². The lowest BCUT2D eigenvalue weighted by atomic mass is 9.98. The van der Waals surface area contributed by atoms with Gasteiger partial charge in [0.1, 0.15) is 4.88 Å². The molecule has 1 heterocycles. The number of rotatable bonds is 2. The van der Waals surface area contributed by atoms with Gasteiger partial charge in [0.2, 0.25) is 0 Å². The van der Waals surface area contributed by atoms with E-state index in [4.69, 9.17) is 5.73 Å². The first kappa shape index (κ1) is 14.9. The average molecular weight is 367 g/mol. The summed E-state index contributed by atoms with van der Waals surface area (Å²) in [6.45, 7) is 4.47. The number of hydrogen-bond donors (Lipinski definition) is 2. The molecule has 0 spiro atoms. The number of halogens is 1. The van der Waals surface area contributed by atoms with Crippen molar-refractivity contribution in [3.8, 4) is 0 Å². The topological polar surface area (TPSA) is 55.1 Å². The molecule has 3 rings (SSSR count). The number of nitrogens with two attached hydrogens (primary N) is 1. The van der Waals surface area contributed by atoms with Crippen molar-refractivity contribution < 1.29 is 4.79 Å². The van der Waals surface area contributed by atoms with Gasteiger partial charge in [-0.05, 0) is 36.8 Å². The second-order valence-electron chi connectivity index (χ2n) is 5.95. The van der Waals surface area contributed by atoms with Crippen molar-refractivity contribution in [2.45, 2.75) is 32.7 Å². The zero-order valence-electron chi connectivity index (χ0n) is 12.2. The molecule has 1 aliphatic carbocycles. The fraction of sp³-hybridized carbons (Fsp3) is 0.438. The SMILES string of the molecule is CC1CCC(NC(=O)c2sc3cccc(Br)c3c2N)C1C. The van der Waals surface area contributed by atoms with E-state index in [2.05, 4.69) is 35.1 Å². The van der Waals surface area contributed by atoms with Gasteiger partial charge in [-0.2, -0.15) is 0 Å². The van der Waals surface area contributed by atoms with Crippen molar-refractivity contribution in [3.05, 3.63) is 27.5 Å². The number of amides is 1. The van der Waals surface area contributed by atoms with Crippen molar-refractivity contribution in [1.29, 1.82) is 0 Å². The van der Waals surface area contributed by atoms with Crippen LogP contribution in [0.1, 0.15) is 36.4 Å². The van der Waals surface area contributed by atoms with Crippen LogP contribution in [0.3, 0.4) is 0 Å². The summed E-state index contributed by atoms with van der Waals surface area (Å²) in [6, 6.07) is 6.18. The van der Waals surface area contributed by atoms with Crippen LogP contribution in [-0.4, -0.2) is 11.9 Å². The summed E-state index contributed by atoms with van der Waals surface area (Å²) < 4.78 is 1.98. The van der Waals surface area contributed by atoms with E-state index >= 15 is 0 Å². The van der Waals surface area contributed by atoms with Crippen LogP contribution >= 0.6 is 27.3 Å². The first-order valence-electron chi connectivity index (χ1n) is 7.26. The van der Waals surface area contributed by atoms with E-state index in [1.165, 1.54) is 17.8 Å². The van der Waals surface area contributed by atoms with Gasteiger partial charge in [-0.1, -0.05) is 35.8 Å². The van der Waals surface area contributed by atoms with E-state index in [1.807, 2.05) is 18.2 Å². The van der Waals surface area contributed by atoms with Gasteiger partial charge in [0.15, 0.2) is 0 Å². The predicted molar refractivity (Wildman–Crippen MR) is 92.8 cm³/mol. The van der Waals surface area contributed by atoms with Crippen LogP contribution in [-0.2, 0) is 0 Å². The number of nitrogen functional groups attached to an aromatic ring is 1. The third-order valence-corrected chi connectivity index (χ3v) is 6.52. The Morgan fingerprint density at radius 1 is 1.38 bits per heavy atom. The molecule has 112 valence electrons. The summed E-state index contributed by atoms with van der Waals surface area (Å²) in [7, 11) is 0. The molecule has 1 saturated carbocycles. The van der Waals surface area contributed by atoms with E-state index < -0.39 is 0 Å². The van der Waals surface area contributed by atoms with Crippen LogP contribution in [0.25, 0.3) is 10.1 Å². The second kappa shape index (κ2) is 5.61. The molecule has 3 nitrogen and oxygen atoms in total. The zero-order valence-corrected chi connectivity index (χ0v) is 14.6. The van der Waals surface area contributed by atoms with Gasteiger partial charge in [-0.25, -0.2) is 0 Å². The molecule has 1 amide bonds. The summed E-state index contributed by atoms with van der Waals surface area (Å²) in [5, 5.41) is 4.12. The first-order chi connectivity index (χ1) is 9.99. The fourth-order valence-corrected chi connectivity index (χ4v) is 4.86. The van der Waals surface area contributed by atoms with Crippen LogP contribution in [0.4, 0.5) is 5.69 Å². The monoisotopic (exact) mass is 366 g/mol. The molecule has 0 aliphatic heterocycles. The quantitative estimate of drug-likeness (QED) is 0.826. The highest BCUT2D eigenvalue weighted by atomic mass is 79.9. The molecule has 1 aromatic heterocycles. The minimum atomic E-state index is -0.0356. The zero-order chi connectivity index (χ0) is 15.1. The number of nitrogens with one attached hydrogen (secondary N) is 1. The van der Waals surface area contributed by atoms with Gasteiger partial charge in [-0.3, -0.25) is 4.79 Å². The Morgan fingerprint density at radius 3 is 2.76 bits per heavy atom. The smallest absolute Gasteiger partial charge is 0.263 e. The van der Waals surface area contributed by atoms with Crippen molar-refractivity contribution >= 4 is 48.9 Å². The van der Waals surface area contributed by atoms with E-state index in [1.54, 1.807) is 0 Å². The van der Waals surface area contributed by atoms with E-state index in [-0.39, 0.29) is 11.9 Å². The van der Waals surface area contributed by atoms with Gasteiger partial charge in [0.25, 0.3) is 5.91 Å². The van der Waals surface area contributed by atoms with Gasteiger partial charge in [0.05, 0.1) is 5.69 Å². The Balaban J connectivity index is 1.89. The first-order valence-corrected chi connectivity index (χ1v) is 8.87. The number of fused-ring (bicyclic) bond motifs is 1. The van der Waals surface area contributed by atoms with E-state index in [0.29, 0.717) is 22.4 Å². The Morgan fingerprint density at radius 2 is 2.14 bits per heavy atom. The lowest BCUT2D eigenvalue weighted by Crippen LogP contribution is -2.37. The maximum absolute atomic E-state index is 12.6. The third-order valence-electron chi connectivity index (χ3n) is 4.69. The summed E-state index contributed by atoms with van der Waals surface area (Å²) in [4.78, 5) is 13.2. The van der Waals surface area contributed by atoms with Crippen molar-refractivity contribution in [2.75, 3.05) is 5.73 Å². The van der Waals surface area contributed by atoms with E-state index in [9.17, 15) is 4.79 Å².